The van der Waals surface area contributed by atoms with E-state index in [4.69, 9.17) is 14.0 Å². The van der Waals surface area contributed by atoms with Crippen LogP contribution in [0.25, 0.3) is 0 Å². The molecule has 7 nitrogen and oxygen atoms in total. The van der Waals surface area contributed by atoms with E-state index in [1.165, 1.54) is 31.2 Å². The van der Waals surface area contributed by atoms with Crippen LogP contribution in [0.5, 0.6) is 5.75 Å². The maximum absolute atomic E-state index is 13.0. The van der Waals surface area contributed by atoms with E-state index in [0.717, 1.165) is 0 Å². The molecule has 1 heterocycles. The highest BCUT2D eigenvalue weighted by atomic mass is 79.9. The minimum atomic E-state index is -1.05. The molecule has 1 aromatic heterocycles. The molecule has 0 aliphatic heterocycles. The van der Waals surface area contributed by atoms with Crippen LogP contribution in [-0.4, -0.2) is 29.7 Å². The van der Waals surface area contributed by atoms with Gasteiger partial charge < -0.3 is 19.3 Å². The van der Waals surface area contributed by atoms with Crippen LogP contribution >= 0.6 is 15.9 Å². The first-order chi connectivity index (χ1) is 11.3. The summed E-state index contributed by atoms with van der Waals surface area (Å²) in [4.78, 5) is 23.6. The number of carbonyl (C=O) groups excluding carboxylic acids is 2. The summed E-state index contributed by atoms with van der Waals surface area (Å²) in [5.41, 5.74) is 0. The number of nitrogens with zero attached hydrogens (tertiary/aromatic N) is 1. The van der Waals surface area contributed by atoms with E-state index in [2.05, 4.69) is 26.4 Å². The number of ether oxygens (including phenoxy) is 2. The second-order valence-corrected chi connectivity index (χ2v) is 5.66. The summed E-state index contributed by atoms with van der Waals surface area (Å²) in [6.45, 7) is 2.66. The molecule has 128 valence electrons. The summed E-state index contributed by atoms with van der Waals surface area (Å²) in [6, 6.07) is 5.30. The number of halogens is 2. The van der Waals surface area contributed by atoms with E-state index in [1.807, 2.05) is 0 Å². The van der Waals surface area contributed by atoms with Gasteiger partial charge in [0.2, 0.25) is 0 Å². The number of aryl methyl sites for hydroxylation is 1. The molecule has 0 saturated heterocycles. The summed E-state index contributed by atoms with van der Waals surface area (Å²) in [7, 11) is 0. The lowest BCUT2D eigenvalue weighted by atomic mass is 10.3. The van der Waals surface area contributed by atoms with Crippen LogP contribution in [0.15, 0.2) is 33.3 Å². The van der Waals surface area contributed by atoms with E-state index in [-0.39, 0.29) is 11.6 Å². The van der Waals surface area contributed by atoms with Crippen LogP contribution < -0.4 is 10.1 Å². The van der Waals surface area contributed by atoms with Crippen LogP contribution in [0.4, 0.5) is 10.2 Å². The van der Waals surface area contributed by atoms with Gasteiger partial charge in [-0.2, -0.15) is 0 Å². The van der Waals surface area contributed by atoms with Gasteiger partial charge in [-0.25, -0.2) is 9.18 Å². The number of esters is 1. The van der Waals surface area contributed by atoms with E-state index >= 15 is 0 Å². The number of amides is 1. The molecular formula is C15H14BrFN2O5. The lowest BCUT2D eigenvalue weighted by molar-refractivity contribution is -0.155. The summed E-state index contributed by atoms with van der Waals surface area (Å²) in [5, 5.41) is 6.05. The van der Waals surface area contributed by atoms with Gasteiger partial charge in [-0.3, -0.25) is 4.79 Å². The number of hydrogen-bond donors (Lipinski definition) is 1. The zero-order valence-electron chi connectivity index (χ0n) is 12.8. The van der Waals surface area contributed by atoms with Crippen LogP contribution in [0.2, 0.25) is 0 Å². The van der Waals surface area contributed by atoms with Gasteiger partial charge in [0.1, 0.15) is 17.3 Å². The Morgan fingerprint density at radius 2 is 2.17 bits per heavy atom. The normalized spacial score (nSPS) is 11.7. The fourth-order valence-electron chi connectivity index (χ4n) is 1.67. The van der Waals surface area contributed by atoms with Gasteiger partial charge in [-0.05, 0) is 48.0 Å². The highest BCUT2D eigenvalue weighted by molar-refractivity contribution is 9.10. The van der Waals surface area contributed by atoms with Crippen molar-refractivity contribution in [2.45, 2.75) is 20.0 Å². The molecule has 0 radical (unpaired) electrons. The molecule has 1 aromatic carbocycles. The molecule has 0 fully saturated rings. The fourth-order valence-corrected chi connectivity index (χ4v) is 2.13. The van der Waals surface area contributed by atoms with Crippen LogP contribution in [-0.2, 0) is 14.3 Å². The first-order valence-electron chi connectivity index (χ1n) is 6.86. The summed E-state index contributed by atoms with van der Waals surface area (Å²) < 4.78 is 28.3. The molecule has 0 saturated carbocycles. The molecule has 2 rings (SSSR count). The van der Waals surface area contributed by atoms with Gasteiger partial charge in [0.15, 0.2) is 18.5 Å². The van der Waals surface area contributed by atoms with Crippen molar-refractivity contribution in [3.63, 3.8) is 0 Å². The number of rotatable bonds is 6. The average molecular weight is 401 g/mol. The Bertz CT molecular complexity index is 749. The maximum Gasteiger partial charge on any atom is 0.344 e. The molecule has 2 aromatic rings. The predicted molar refractivity (Wildman–Crippen MR) is 85.0 cm³/mol. The lowest BCUT2D eigenvalue weighted by Crippen LogP contribution is -2.31. The van der Waals surface area contributed by atoms with Gasteiger partial charge in [-0.1, -0.05) is 5.16 Å². The van der Waals surface area contributed by atoms with Crippen LogP contribution in [0.3, 0.4) is 0 Å². The van der Waals surface area contributed by atoms with Gasteiger partial charge in [-0.15, -0.1) is 0 Å². The van der Waals surface area contributed by atoms with E-state index in [1.54, 1.807) is 6.92 Å². The summed E-state index contributed by atoms with van der Waals surface area (Å²) >= 11 is 3.11. The highest BCUT2D eigenvalue weighted by Gasteiger charge is 2.19. The monoisotopic (exact) mass is 400 g/mol. The zero-order valence-corrected chi connectivity index (χ0v) is 14.4. The number of aromatic nitrogens is 1. The molecule has 0 aliphatic carbocycles. The smallest absolute Gasteiger partial charge is 0.344 e. The second kappa shape index (κ2) is 7.91. The lowest BCUT2D eigenvalue weighted by Gasteiger charge is -2.13. The second-order valence-electron chi connectivity index (χ2n) is 4.81. The van der Waals surface area contributed by atoms with E-state index in [9.17, 15) is 14.0 Å². The predicted octanol–water partition coefficient (Wildman–Crippen LogP) is 2.83. The Kier molecular flexibility index (Phi) is 5.91. The first-order valence-corrected chi connectivity index (χ1v) is 7.66. The topological polar surface area (TPSA) is 90.7 Å². The zero-order chi connectivity index (χ0) is 17.7. The molecular weight excluding hydrogens is 387 g/mol. The van der Waals surface area contributed by atoms with Crippen molar-refractivity contribution in [2.75, 3.05) is 11.9 Å². The van der Waals surface area contributed by atoms with E-state index in [0.29, 0.717) is 10.2 Å². The number of nitrogens with one attached hydrogen (secondary N) is 1. The Morgan fingerprint density at radius 3 is 2.79 bits per heavy atom. The largest absolute Gasteiger partial charge is 0.481 e. The Balaban J connectivity index is 1.81. The van der Waals surface area contributed by atoms with Gasteiger partial charge in [0, 0.05) is 6.07 Å². The quantitative estimate of drug-likeness (QED) is 0.749. The van der Waals surface area contributed by atoms with Crippen LogP contribution in [0.1, 0.15) is 12.7 Å². The van der Waals surface area contributed by atoms with Crippen molar-refractivity contribution in [1.29, 1.82) is 0 Å². The SMILES string of the molecule is Cc1cc(NC(=O)[C@@H](C)OC(=O)COc2ccc(F)cc2Br)no1. The molecule has 24 heavy (non-hydrogen) atoms. The Morgan fingerprint density at radius 1 is 1.42 bits per heavy atom. The van der Waals surface area contributed by atoms with Crippen molar-refractivity contribution >= 4 is 33.6 Å². The third-order valence-electron chi connectivity index (χ3n) is 2.80. The Hall–Kier alpha value is -2.42. The molecule has 9 heteroatoms. The third-order valence-corrected chi connectivity index (χ3v) is 3.42. The highest BCUT2D eigenvalue weighted by Crippen LogP contribution is 2.25. The third kappa shape index (κ3) is 5.05. The molecule has 0 bridgehead atoms. The standard InChI is InChI=1S/C15H14BrFN2O5/c1-8-5-13(19-24-8)18-15(21)9(2)23-14(20)7-22-12-4-3-10(17)6-11(12)16/h3-6,9H,7H2,1-2H3,(H,18,19,21)/t9-/m1/s1. The molecule has 1 atom stereocenters. The summed E-state index contributed by atoms with van der Waals surface area (Å²) in [5.74, 6) is -0.696. The van der Waals surface area contributed by atoms with Gasteiger partial charge in [0.25, 0.3) is 5.91 Å². The van der Waals surface area contributed by atoms with Gasteiger partial charge >= 0.3 is 5.97 Å². The van der Waals surface area contributed by atoms with Crippen molar-refractivity contribution in [2.24, 2.45) is 0 Å². The van der Waals surface area contributed by atoms with Crippen molar-refractivity contribution in [1.82, 2.24) is 5.16 Å². The van der Waals surface area contributed by atoms with Crippen molar-refractivity contribution in [3.05, 3.63) is 40.3 Å². The molecule has 0 aliphatic rings. The number of benzene rings is 1. The maximum atomic E-state index is 13.0. The summed E-state index contributed by atoms with van der Waals surface area (Å²) in [6.07, 6.45) is -1.05. The minimum Gasteiger partial charge on any atom is -0.481 e. The Labute approximate surface area is 145 Å². The number of carbonyl (C=O) groups is 2. The minimum absolute atomic E-state index is 0.229. The number of hydrogen-bond acceptors (Lipinski definition) is 6. The molecule has 0 unspecified atom stereocenters. The average Bonchev–Trinajstić information content (AvgIpc) is 2.91. The first kappa shape index (κ1) is 17.9. The molecule has 0 spiro atoms. The van der Waals surface area contributed by atoms with Gasteiger partial charge in [0.05, 0.1) is 4.47 Å². The molecule has 1 amide bonds. The van der Waals surface area contributed by atoms with E-state index < -0.39 is 30.4 Å². The fraction of sp³-hybridized carbons (Fsp3) is 0.267. The molecule has 1 N–H and O–H groups in total. The van der Waals surface area contributed by atoms with Crippen LogP contribution in [0, 0.1) is 12.7 Å². The number of anilines is 1. The van der Waals surface area contributed by atoms with Crippen molar-refractivity contribution in [3.8, 4) is 5.75 Å². The van der Waals surface area contributed by atoms with Crippen molar-refractivity contribution < 1.29 is 28.0 Å².